The fraction of sp³-hybridized carbons (Fsp3) is 0.350. The molecule has 0 saturated carbocycles. The van der Waals surface area contributed by atoms with Crippen molar-refractivity contribution in [1.82, 2.24) is 5.32 Å². The summed E-state index contributed by atoms with van der Waals surface area (Å²) in [4.78, 5) is 2.48. The molecule has 0 amide bonds. The molecule has 2 aromatic carbocycles. The van der Waals surface area contributed by atoms with Gasteiger partial charge in [-0.15, -0.1) is 0 Å². The monoisotopic (exact) mass is 373 g/mol. The normalized spacial score (nSPS) is 17.2. The van der Waals surface area contributed by atoms with Crippen molar-refractivity contribution in [2.75, 3.05) is 23.3 Å². The molecule has 3 rings (SSSR count). The molecule has 1 aliphatic heterocycles. The number of halogens is 1. The molecule has 1 aliphatic rings. The van der Waals surface area contributed by atoms with Gasteiger partial charge in [0, 0.05) is 25.3 Å². The van der Waals surface area contributed by atoms with Gasteiger partial charge in [-0.05, 0) is 60.8 Å². The first-order chi connectivity index (χ1) is 12.1. The number of benzene rings is 2. The Hall–Kier alpha value is -1.78. The third kappa shape index (κ3) is 5.10. The Morgan fingerprint density at radius 2 is 1.96 bits per heavy atom. The van der Waals surface area contributed by atoms with Gasteiger partial charge < -0.3 is 15.5 Å². The molecule has 0 radical (unpaired) electrons. The van der Waals surface area contributed by atoms with Gasteiger partial charge in [-0.1, -0.05) is 42.8 Å². The highest BCUT2D eigenvalue weighted by Crippen LogP contribution is 2.23. The quantitative estimate of drug-likeness (QED) is 0.732. The highest BCUT2D eigenvalue weighted by atomic mass is 35.5. The number of para-hydroxylation sites is 1. The Labute approximate surface area is 160 Å². The number of hydrogen-bond acceptors (Lipinski definition) is 2. The van der Waals surface area contributed by atoms with Gasteiger partial charge in [-0.25, -0.2) is 0 Å². The number of hydrogen-bond donors (Lipinski definition) is 2. The molecule has 1 unspecified atom stereocenters. The van der Waals surface area contributed by atoms with Crippen molar-refractivity contribution < 1.29 is 0 Å². The summed E-state index contributed by atoms with van der Waals surface area (Å²) in [5.74, 6) is 0.781. The molecule has 5 heteroatoms. The van der Waals surface area contributed by atoms with Gasteiger partial charge in [0.15, 0.2) is 5.11 Å². The van der Waals surface area contributed by atoms with Crippen LogP contribution in [-0.2, 0) is 6.54 Å². The summed E-state index contributed by atoms with van der Waals surface area (Å²) in [6.45, 7) is 5.33. The predicted molar refractivity (Wildman–Crippen MR) is 112 cm³/mol. The van der Waals surface area contributed by atoms with Crippen LogP contribution >= 0.6 is 23.8 Å². The molecule has 132 valence electrons. The van der Waals surface area contributed by atoms with Crippen molar-refractivity contribution in [2.24, 2.45) is 5.92 Å². The van der Waals surface area contributed by atoms with Crippen molar-refractivity contribution in [3.63, 3.8) is 0 Å². The number of rotatable bonds is 4. The standard InChI is InChI=1S/C20H24ClN3S/c1-15-5-4-12-24(14-15)17-10-8-16(9-11-17)13-22-20(25)23-19-7-3-2-6-18(19)21/h2-3,6-11,15H,4-5,12-14H2,1H3,(H2,22,23,25). The summed E-state index contributed by atoms with van der Waals surface area (Å²) in [7, 11) is 0. The molecule has 0 bridgehead atoms. The SMILES string of the molecule is CC1CCCN(c2ccc(CNC(=S)Nc3ccccc3Cl)cc2)C1. The number of piperidine rings is 1. The van der Waals surface area contributed by atoms with Gasteiger partial charge in [0.1, 0.15) is 0 Å². The average molecular weight is 374 g/mol. The minimum Gasteiger partial charge on any atom is -0.371 e. The van der Waals surface area contributed by atoms with Crippen LogP contribution in [0.2, 0.25) is 5.02 Å². The Balaban J connectivity index is 1.51. The molecule has 0 aliphatic carbocycles. The molecule has 3 nitrogen and oxygen atoms in total. The fourth-order valence-electron chi connectivity index (χ4n) is 3.16. The topological polar surface area (TPSA) is 27.3 Å². The van der Waals surface area contributed by atoms with Crippen LogP contribution in [0.4, 0.5) is 11.4 Å². The summed E-state index contributed by atoms with van der Waals surface area (Å²) >= 11 is 11.5. The van der Waals surface area contributed by atoms with E-state index < -0.39 is 0 Å². The van der Waals surface area contributed by atoms with Gasteiger partial charge in [-0.3, -0.25) is 0 Å². The van der Waals surface area contributed by atoms with Crippen LogP contribution in [0.3, 0.4) is 0 Å². The van der Waals surface area contributed by atoms with Crippen LogP contribution < -0.4 is 15.5 Å². The zero-order valence-corrected chi connectivity index (χ0v) is 16.0. The molecular weight excluding hydrogens is 350 g/mol. The molecule has 2 N–H and O–H groups in total. The van der Waals surface area contributed by atoms with Gasteiger partial charge in [-0.2, -0.15) is 0 Å². The van der Waals surface area contributed by atoms with Crippen molar-refractivity contribution >= 4 is 40.3 Å². The second-order valence-corrected chi connectivity index (χ2v) is 7.46. The van der Waals surface area contributed by atoms with E-state index in [1.165, 1.54) is 24.1 Å². The van der Waals surface area contributed by atoms with Crippen molar-refractivity contribution in [3.05, 3.63) is 59.1 Å². The van der Waals surface area contributed by atoms with E-state index in [9.17, 15) is 0 Å². The van der Waals surface area contributed by atoms with Gasteiger partial charge in [0.05, 0.1) is 10.7 Å². The molecule has 0 aromatic heterocycles. The van der Waals surface area contributed by atoms with E-state index in [0.717, 1.165) is 24.7 Å². The Kier molecular flexibility index (Phi) is 6.16. The van der Waals surface area contributed by atoms with Gasteiger partial charge in [0.25, 0.3) is 0 Å². The van der Waals surface area contributed by atoms with Crippen LogP contribution in [0, 0.1) is 5.92 Å². The lowest BCUT2D eigenvalue weighted by Gasteiger charge is -2.32. The van der Waals surface area contributed by atoms with E-state index in [-0.39, 0.29) is 0 Å². The van der Waals surface area contributed by atoms with Crippen molar-refractivity contribution in [3.8, 4) is 0 Å². The molecule has 1 heterocycles. The predicted octanol–water partition coefficient (Wildman–Crippen LogP) is 5.06. The molecule has 1 fully saturated rings. The maximum Gasteiger partial charge on any atom is 0.171 e. The maximum atomic E-state index is 6.13. The summed E-state index contributed by atoms with van der Waals surface area (Å²) in [6.07, 6.45) is 2.63. The molecule has 0 spiro atoms. The number of nitrogens with zero attached hydrogens (tertiary/aromatic N) is 1. The fourth-order valence-corrected chi connectivity index (χ4v) is 3.53. The third-order valence-corrected chi connectivity index (χ3v) is 5.11. The first-order valence-electron chi connectivity index (χ1n) is 8.75. The van der Waals surface area contributed by atoms with Gasteiger partial charge in [0.2, 0.25) is 0 Å². The van der Waals surface area contributed by atoms with E-state index in [2.05, 4.69) is 46.7 Å². The van der Waals surface area contributed by atoms with E-state index >= 15 is 0 Å². The Morgan fingerprint density at radius 3 is 2.68 bits per heavy atom. The maximum absolute atomic E-state index is 6.13. The summed E-state index contributed by atoms with van der Waals surface area (Å²) in [6, 6.07) is 16.3. The number of anilines is 2. The highest BCUT2D eigenvalue weighted by molar-refractivity contribution is 7.80. The first-order valence-corrected chi connectivity index (χ1v) is 9.54. The Morgan fingerprint density at radius 1 is 1.20 bits per heavy atom. The van der Waals surface area contributed by atoms with Crippen LogP contribution in [0.5, 0.6) is 0 Å². The van der Waals surface area contributed by atoms with Crippen LogP contribution in [0.1, 0.15) is 25.3 Å². The molecule has 1 saturated heterocycles. The van der Waals surface area contributed by atoms with Crippen LogP contribution in [-0.4, -0.2) is 18.2 Å². The van der Waals surface area contributed by atoms with E-state index in [0.29, 0.717) is 16.7 Å². The van der Waals surface area contributed by atoms with E-state index in [1.54, 1.807) is 0 Å². The average Bonchev–Trinajstić information content (AvgIpc) is 2.62. The second-order valence-electron chi connectivity index (χ2n) is 6.65. The van der Waals surface area contributed by atoms with Crippen molar-refractivity contribution in [2.45, 2.75) is 26.3 Å². The van der Waals surface area contributed by atoms with Crippen LogP contribution in [0.15, 0.2) is 48.5 Å². The third-order valence-electron chi connectivity index (χ3n) is 4.53. The van der Waals surface area contributed by atoms with Gasteiger partial charge >= 0.3 is 0 Å². The molecule has 25 heavy (non-hydrogen) atoms. The van der Waals surface area contributed by atoms with E-state index in [4.69, 9.17) is 23.8 Å². The molecule has 2 aromatic rings. The molecular formula is C20H24ClN3S. The largest absolute Gasteiger partial charge is 0.371 e. The second kappa shape index (κ2) is 8.54. The summed E-state index contributed by atoms with van der Waals surface area (Å²) in [5.41, 5.74) is 3.33. The lowest BCUT2D eigenvalue weighted by Crippen LogP contribution is -2.34. The minimum atomic E-state index is 0.571. The first kappa shape index (κ1) is 18.0. The highest BCUT2D eigenvalue weighted by Gasteiger charge is 2.16. The lowest BCUT2D eigenvalue weighted by molar-refractivity contribution is 0.447. The zero-order chi connectivity index (χ0) is 17.6. The minimum absolute atomic E-state index is 0.571. The van der Waals surface area contributed by atoms with E-state index in [1.807, 2.05) is 24.3 Å². The lowest BCUT2D eigenvalue weighted by atomic mass is 9.99. The smallest absolute Gasteiger partial charge is 0.171 e. The molecule has 1 atom stereocenters. The van der Waals surface area contributed by atoms with Crippen molar-refractivity contribution in [1.29, 1.82) is 0 Å². The van der Waals surface area contributed by atoms with Crippen LogP contribution in [0.25, 0.3) is 0 Å². The number of nitrogens with one attached hydrogen (secondary N) is 2. The summed E-state index contributed by atoms with van der Waals surface area (Å²) < 4.78 is 0. The Bertz CT molecular complexity index is 717. The summed E-state index contributed by atoms with van der Waals surface area (Å²) in [5, 5.41) is 7.59. The zero-order valence-electron chi connectivity index (χ0n) is 14.5. The number of thiocarbonyl (C=S) groups is 1.